The Bertz CT molecular complexity index is 1070. The van der Waals surface area contributed by atoms with Crippen molar-refractivity contribution in [2.24, 2.45) is 5.92 Å². The Hall–Kier alpha value is -3.61. The number of carbonyl (C=O) groups excluding carboxylic acids is 1. The molecule has 172 valence electrons. The Morgan fingerprint density at radius 2 is 2.03 bits per heavy atom. The minimum absolute atomic E-state index is 0.0570. The molecule has 0 unspecified atom stereocenters. The van der Waals surface area contributed by atoms with E-state index in [-0.39, 0.29) is 11.8 Å². The zero-order valence-corrected chi connectivity index (χ0v) is 19.3. The highest BCUT2D eigenvalue weighted by atomic mass is 16.5. The molecule has 2 N–H and O–H groups in total. The van der Waals surface area contributed by atoms with Crippen LogP contribution in [0.5, 0.6) is 5.75 Å². The number of ether oxygens (including phenoxy) is 1. The van der Waals surface area contributed by atoms with Gasteiger partial charge < -0.3 is 20.3 Å². The molecule has 1 atom stereocenters. The average Bonchev–Trinajstić information content (AvgIpc) is 2.84. The second-order valence-corrected chi connectivity index (χ2v) is 8.31. The van der Waals surface area contributed by atoms with E-state index in [1.807, 2.05) is 37.3 Å². The lowest BCUT2D eigenvalue weighted by molar-refractivity contribution is -0.125. The number of anilines is 3. The number of rotatable bonds is 8. The Morgan fingerprint density at radius 3 is 2.85 bits per heavy atom. The number of carbonyl (C=O) groups is 1. The van der Waals surface area contributed by atoms with Gasteiger partial charge in [-0.15, -0.1) is 0 Å². The van der Waals surface area contributed by atoms with Gasteiger partial charge in [-0.3, -0.25) is 4.79 Å². The molecule has 1 aromatic heterocycles. The van der Waals surface area contributed by atoms with E-state index in [1.165, 1.54) is 5.56 Å². The largest absolute Gasteiger partial charge is 0.494 e. The first-order chi connectivity index (χ1) is 16.1. The van der Waals surface area contributed by atoms with Gasteiger partial charge in [0.05, 0.1) is 12.5 Å². The summed E-state index contributed by atoms with van der Waals surface area (Å²) in [7, 11) is 0. The highest BCUT2D eigenvalue weighted by Crippen LogP contribution is 2.24. The van der Waals surface area contributed by atoms with Crippen molar-refractivity contribution in [1.29, 1.82) is 0 Å². The van der Waals surface area contributed by atoms with Crippen molar-refractivity contribution in [3.63, 3.8) is 0 Å². The van der Waals surface area contributed by atoms with Crippen LogP contribution in [0.1, 0.15) is 30.9 Å². The minimum Gasteiger partial charge on any atom is -0.494 e. The average molecular weight is 446 g/mol. The molecule has 0 saturated carbocycles. The molecule has 1 aliphatic rings. The molecule has 1 aliphatic heterocycles. The van der Waals surface area contributed by atoms with Gasteiger partial charge in [0, 0.05) is 37.6 Å². The molecule has 0 radical (unpaired) electrons. The van der Waals surface area contributed by atoms with Gasteiger partial charge in [-0.25, -0.2) is 4.98 Å². The van der Waals surface area contributed by atoms with Gasteiger partial charge >= 0.3 is 0 Å². The number of aryl methyl sites for hydroxylation is 1. The lowest BCUT2D eigenvalue weighted by Crippen LogP contribution is -2.43. The van der Waals surface area contributed by atoms with Crippen LogP contribution in [0.15, 0.2) is 60.8 Å². The van der Waals surface area contributed by atoms with E-state index in [0.29, 0.717) is 25.6 Å². The van der Waals surface area contributed by atoms with Crippen LogP contribution in [0.3, 0.4) is 0 Å². The summed E-state index contributed by atoms with van der Waals surface area (Å²) in [6.45, 7) is 6.71. The van der Waals surface area contributed by atoms with Crippen LogP contribution in [0, 0.1) is 12.8 Å². The molecule has 1 saturated heterocycles. The number of piperidine rings is 1. The van der Waals surface area contributed by atoms with E-state index in [0.717, 1.165) is 42.2 Å². The monoisotopic (exact) mass is 445 g/mol. The molecular weight excluding hydrogens is 414 g/mol. The second-order valence-electron chi connectivity index (χ2n) is 8.31. The molecule has 0 bridgehead atoms. The summed E-state index contributed by atoms with van der Waals surface area (Å²) in [5.74, 6) is 2.18. The fourth-order valence-electron chi connectivity index (χ4n) is 3.98. The predicted molar refractivity (Wildman–Crippen MR) is 131 cm³/mol. The Balaban J connectivity index is 1.37. The first-order valence-electron chi connectivity index (χ1n) is 11.5. The summed E-state index contributed by atoms with van der Waals surface area (Å²) in [4.78, 5) is 24.0. The standard InChI is InChI=1S/C26H31N5O2/c1-3-33-23-8-4-7-22(16-23)29-26-27-14-13-24(30-26)31-15-5-6-21(18-31)25(32)28-17-20-11-9-19(2)10-12-20/h4,7-14,16,21H,3,5-6,15,17-18H2,1-2H3,(H,28,32)(H,27,29,30)/t21-/m0/s1. The number of nitrogens with zero attached hydrogens (tertiary/aromatic N) is 3. The lowest BCUT2D eigenvalue weighted by atomic mass is 9.97. The van der Waals surface area contributed by atoms with E-state index >= 15 is 0 Å². The Morgan fingerprint density at radius 1 is 1.18 bits per heavy atom. The van der Waals surface area contributed by atoms with Crippen LogP contribution < -0.4 is 20.3 Å². The minimum atomic E-state index is -0.0570. The maximum Gasteiger partial charge on any atom is 0.229 e. The SMILES string of the molecule is CCOc1cccc(Nc2nccc(N3CCC[C@H](C(=O)NCc4ccc(C)cc4)C3)n2)c1. The van der Waals surface area contributed by atoms with Crippen LogP contribution in [0.2, 0.25) is 0 Å². The number of amides is 1. The molecule has 4 rings (SSSR count). The molecule has 1 fully saturated rings. The summed E-state index contributed by atoms with van der Waals surface area (Å²) in [5.41, 5.74) is 3.19. The van der Waals surface area contributed by atoms with Crippen LogP contribution in [-0.4, -0.2) is 35.6 Å². The quantitative estimate of drug-likeness (QED) is 0.533. The molecule has 1 amide bonds. The van der Waals surface area contributed by atoms with Crippen LogP contribution >= 0.6 is 0 Å². The Kier molecular flexibility index (Phi) is 7.40. The van der Waals surface area contributed by atoms with Gasteiger partial charge in [0.1, 0.15) is 11.6 Å². The predicted octanol–water partition coefficient (Wildman–Crippen LogP) is 4.46. The molecule has 7 nitrogen and oxygen atoms in total. The van der Waals surface area contributed by atoms with Gasteiger partial charge in [0.25, 0.3) is 0 Å². The zero-order chi connectivity index (χ0) is 23.0. The topological polar surface area (TPSA) is 79.4 Å². The fraction of sp³-hybridized carbons (Fsp3) is 0.346. The van der Waals surface area contributed by atoms with E-state index in [1.54, 1.807) is 6.20 Å². The van der Waals surface area contributed by atoms with E-state index in [2.05, 4.69) is 51.7 Å². The number of aromatic nitrogens is 2. The van der Waals surface area contributed by atoms with Crippen molar-refractivity contribution in [3.05, 3.63) is 71.9 Å². The van der Waals surface area contributed by atoms with Gasteiger partial charge in [0.15, 0.2) is 0 Å². The summed E-state index contributed by atoms with van der Waals surface area (Å²) >= 11 is 0. The Labute approximate surface area is 195 Å². The van der Waals surface area contributed by atoms with Crippen molar-refractivity contribution in [2.45, 2.75) is 33.2 Å². The van der Waals surface area contributed by atoms with Crippen LogP contribution in [0.25, 0.3) is 0 Å². The van der Waals surface area contributed by atoms with Gasteiger partial charge in [0.2, 0.25) is 11.9 Å². The van der Waals surface area contributed by atoms with Crippen molar-refractivity contribution in [3.8, 4) is 5.75 Å². The first kappa shape index (κ1) is 22.6. The fourth-order valence-corrected chi connectivity index (χ4v) is 3.98. The number of benzene rings is 2. The van der Waals surface area contributed by atoms with E-state index in [4.69, 9.17) is 9.72 Å². The molecule has 7 heteroatoms. The van der Waals surface area contributed by atoms with Crippen molar-refractivity contribution in [1.82, 2.24) is 15.3 Å². The third kappa shape index (κ3) is 6.22. The molecule has 33 heavy (non-hydrogen) atoms. The van der Waals surface area contributed by atoms with Gasteiger partial charge in [-0.05, 0) is 50.5 Å². The van der Waals surface area contributed by atoms with E-state index < -0.39 is 0 Å². The second kappa shape index (κ2) is 10.8. The number of nitrogens with one attached hydrogen (secondary N) is 2. The van der Waals surface area contributed by atoms with Gasteiger partial charge in [-0.1, -0.05) is 35.9 Å². The summed E-state index contributed by atoms with van der Waals surface area (Å²) in [6, 6.07) is 17.9. The van der Waals surface area contributed by atoms with Crippen molar-refractivity contribution >= 4 is 23.4 Å². The first-order valence-corrected chi connectivity index (χ1v) is 11.5. The maximum atomic E-state index is 12.8. The van der Waals surface area contributed by atoms with Gasteiger partial charge in [-0.2, -0.15) is 4.98 Å². The molecule has 2 aromatic carbocycles. The van der Waals surface area contributed by atoms with E-state index in [9.17, 15) is 4.79 Å². The third-order valence-corrected chi connectivity index (χ3v) is 5.75. The summed E-state index contributed by atoms with van der Waals surface area (Å²) in [6.07, 6.45) is 3.58. The van der Waals surface area contributed by atoms with Crippen molar-refractivity contribution < 1.29 is 9.53 Å². The zero-order valence-electron chi connectivity index (χ0n) is 19.3. The number of hydrogen-bond acceptors (Lipinski definition) is 6. The normalized spacial score (nSPS) is 15.7. The maximum absolute atomic E-state index is 12.8. The highest BCUT2D eigenvalue weighted by molar-refractivity contribution is 5.79. The van der Waals surface area contributed by atoms with Crippen molar-refractivity contribution in [2.75, 3.05) is 29.9 Å². The molecule has 2 heterocycles. The summed E-state index contributed by atoms with van der Waals surface area (Å²) in [5, 5.41) is 6.35. The summed E-state index contributed by atoms with van der Waals surface area (Å²) < 4.78 is 5.56. The molecule has 0 aliphatic carbocycles. The molecule has 0 spiro atoms. The third-order valence-electron chi connectivity index (χ3n) is 5.75. The van der Waals surface area contributed by atoms with Crippen LogP contribution in [-0.2, 0) is 11.3 Å². The van der Waals surface area contributed by atoms with Crippen LogP contribution in [0.4, 0.5) is 17.5 Å². The number of hydrogen-bond donors (Lipinski definition) is 2. The highest BCUT2D eigenvalue weighted by Gasteiger charge is 2.26. The smallest absolute Gasteiger partial charge is 0.229 e. The molecule has 3 aromatic rings. The molecular formula is C26H31N5O2. The lowest BCUT2D eigenvalue weighted by Gasteiger charge is -2.33.